The van der Waals surface area contributed by atoms with E-state index in [1.165, 1.54) is 13.2 Å². The van der Waals surface area contributed by atoms with Gasteiger partial charge in [-0.25, -0.2) is 0 Å². The van der Waals surface area contributed by atoms with Crippen LogP contribution in [0.15, 0.2) is 10.6 Å². The largest absolute Gasteiger partial charge is 0.473 e. The second-order valence-corrected chi connectivity index (χ2v) is 6.94. The topological polar surface area (TPSA) is 114 Å². The Balaban J connectivity index is 2.35. The molecule has 24 heavy (non-hydrogen) atoms. The van der Waals surface area contributed by atoms with Gasteiger partial charge in [0.05, 0.1) is 33.2 Å². The van der Waals surface area contributed by atoms with Crippen LogP contribution in [0, 0.1) is 5.92 Å². The van der Waals surface area contributed by atoms with Gasteiger partial charge in [0.2, 0.25) is 0 Å². The van der Waals surface area contributed by atoms with E-state index in [1.54, 1.807) is 0 Å². The number of methoxy groups -OCH3 is 1. The highest BCUT2D eigenvalue weighted by Crippen LogP contribution is 2.28. The van der Waals surface area contributed by atoms with Crippen LogP contribution in [0.2, 0.25) is 0 Å². The molecule has 0 aliphatic carbocycles. The molecule has 0 aliphatic heterocycles. The second-order valence-electron chi connectivity index (χ2n) is 5.30. The summed E-state index contributed by atoms with van der Waals surface area (Å²) in [4.78, 5) is 11.8. The predicted molar refractivity (Wildman–Crippen MR) is 83.2 cm³/mol. The molecule has 0 saturated heterocycles. The van der Waals surface area contributed by atoms with Gasteiger partial charge in [-0.1, -0.05) is 13.8 Å². The summed E-state index contributed by atoms with van der Waals surface area (Å²) >= 11 is 0. The van der Waals surface area contributed by atoms with Gasteiger partial charge in [-0.05, 0) is 11.1 Å². The minimum Gasteiger partial charge on any atom is -0.473 e. The average molecular weight is 365 g/mol. The molecule has 0 amide bonds. The Labute approximate surface area is 141 Å². The minimum atomic E-state index is -3.45. The maximum atomic E-state index is 11.8. The molecule has 1 unspecified atom stereocenters. The highest BCUT2D eigenvalue weighted by Gasteiger charge is 2.29. The zero-order valence-electron chi connectivity index (χ0n) is 14.2. The number of hydrogen-bond acceptors (Lipinski definition) is 9. The quantitative estimate of drug-likeness (QED) is 0.321. The van der Waals surface area contributed by atoms with E-state index in [4.69, 9.17) is 18.7 Å². The smallest absolute Gasteiger partial charge is 0.316 e. The first-order chi connectivity index (χ1) is 11.2. The molecule has 10 heteroatoms. The highest BCUT2D eigenvalue weighted by atomic mass is 32.2. The summed E-state index contributed by atoms with van der Waals surface area (Å²) in [7, 11) is -2.14. The molecule has 0 aromatic carbocycles. The van der Waals surface area contributed by atoms with Gasteiger partial charge in [-0.15, -0.1) is 0 Å². The maximum absolute atomic E-state index is 11.8. The van der Waals surface area contributed by atoms with Gasteiger partial charge in [0.25, 0.3) is 16.0 Å². The number of ether oxygens (including phenoxy) is 3. The van der Waals surface area contributed by atoms with Crippen molar-refractivity contribution in [2.75, 3.05) is 39.8 Å². The molecule has 1 atom stereocenters. The molecule has 0 aliphatic rings. The summed E-state index contributed by atoms with van der Waals surface area (Å²) in [5.74, 6) is -0.368. The van der Waals surface area contributed by atoms with Gasteiger partial charge in [0, 0.05) is 6.07 Å². The Morgan fingerprint density at radius 1 is 1.25 bits per heavy atom. The van der Waals surface area contributed by atoms with Gasteiger partial charge in [-0.3, -0.25) is 8.98 Å². The molecular weight excluding hydrogens is 342 g/mol. The fraction of sp³-hybridized carbons (Fsp3) is 0.714. The first-order valence-electron chi connectivity index (χ1n) is 7.34. The lowest BCUT2D eigenvalue weighted by atomic mass is 9.93. The molecule has 1 heterocycles. The number of rotatable bonds is 11. The van der Waals surface area contributed by atoms with E-state index >= 15 is 0 Å². The number of carbonyl (C=O) groups is 1. The third-order valence-corrected chi connectivity index (χ3v) is 3.53. The zero-order chi connectivity index (χ0) is 18.2. The predicted octanol–water partition coefficient (Wildman–Crippen LogP) is 0.959. The normalized spacial score (nSPS) is 13.0. The zero-order valence-corrected chi connectivity index (χ0v) is 15.0. The molecule has 1 aromatic heterocycles. The summed E-state index contributed by atoms with van der Waals surface area (Å²) in [5, 5.41) is 3.74. The van der Waals surface area contributed by atoms with Crippen molar-refractivity contribution in [3.05, 3.63) is 11.8 Å². The molecule has 9 nitrogen and oxygen atoms in total. The Morgan fingerprint density at radius 2 is 1.92 bits per heavy atom. The van der Waals surface area contributed by atoms with Crippen molar-refractivity contribution in [3.63, 3.8) is 0 Å². The maximum Gasteiger partial charge on any atom is 0.316 e. The van der Waals surface area contributed by atoms with E-state index in [9.17, 15) is 13.2 Å². The third kappa shape index (κ3) is 7.28. The third-order valence-electron chi connectivity index (χ3n) is 2.94. The second kappa shape index (κ2) is 9.60. The van der Waals surface area contributed by atoms with Crippen molar-refractivity contribution >= 4 is 16.1 Å². The van der Waals surface area contributed by atoms with Crippen LogP contribution in [-0.4, -0.2) is 59.3 Å². The number of nitrogens with zero attached hydrogens (tertiary/aromatic N) is 1. The average Bonchev–Trinajstić information content (AvgIpc) is 2.93. The first kappa shape index (κ1) is 20.4. The van der Waals surface area contributed by atoms with Crippen LogP contribution in [0.1, 0.15) is 25.5 Å². The van der Waals surface area contributed by atoms with Crippen LogP contribution >= 0.6 is 0 Å². The van der Waals surface area contributed by atoms with Gasteiger partial charge in [0.15, 0.2) is 5.76 Å². The molecule has 0 fully saturated rings. The summed E-state index contributed by atoms with van der Waals surface area (Å²) in [5.41, 5.74) is 0. The molecule has 0 saturated carbocycles. The van der Waals surface area contributed by atoms with E-state index in [1.807, 2.05) is 13.8 Å². The Hall–Kier alpha value is -1.65. The Bertz CT molecular complexity index is 610. The van der Waals surface area contributed by atoms with E-state index in [2.05, 4.69) is 9.34 Å². The molecule has 1 rings (SSSR count). The van der Waals surface area contributed by atoms with Crippen molar-refractivity contribution in [2.24, 2.45) is 5.92 Å². The molecule has 0 radical (unpaired) electrons. The molecule has 0 bridgehead atoms. The molecular formula is C14H23NO8S. The minimum absolute atomic E-state index is 0.0172. The standard InChI is InChI=1S/C14H23NO8S/c1-10(2)13(14(16)19-3)11-9-12(15-23-11)21-7-5-20-6-8-22-24(4,17)18/h9-10,13H,5-8H2,1-4H3. The van der Waals surface area contributed by atoms with Crippen molar-refractivity contribution in [2.45, 2.75) is 19.8 Å². The molecule has 1 aromatic rings. The van der Waals surface area contributed by atoms with Gasteiger partial charge >= 0.3 is 5.97 Å². The number of aromatic nitrogens is 1. The summed E-state index contributed by atoms with van der Waals surface area (Å²) in [6.45, 7) is 4.23. The van der Waals surface area contributed by atoms with Crippen molar-refractivity contribution in [3.8, 4) is 5.88 Å². The lowest BCUT2D eigenvalue weighted by Crippen LogP contribution is -2.19. The van der Waals surface area contributed by atoms with E-state index < -0.39 is 22.0 Å². The highest BCUT2D eigenvalue weighted by molar-refractivity contribution is 7.85. The van der Waals surface area contributed by atoms with E-state index in [0.717, 1.165) is 6.26 Å². The number of esters is 1. The Kier molecular flexibility index (Phi) is 8.16. The molecule has 138 valence electrons. The molecule has 0 N–H and O–H groups in total. The van der Waals surface area contributed by atoms with Crippen molar-refractivity contribution in [1.82, 2.24) is 5.16 Å². The van der Waals surface area contributed by atoms with Gasteiger partial charge in [0.1, 0.15) is 12.5 Å². The van der Waals surface area contributed by atoms with Gasteiger partial charge in [-0.2, -0.15) is 8.42 Å². The van der Waals surface area contributed by atoms with Crippen LogP contribution in [0.3, 0.4) is 0 Å². The van der Waals surface area contributed by atoms with Crippen LogP contribution in [0.4, 0.5) is 0 Å². The van der Waals surface area contributed by atoms with E-state index in [0.29, 0.717) is 5.76 Å². The van der Waals surface area contributed by atoms with Gasteiger partial charge < -0.3 is 18.7 Å². The monoisotopic (exact) mass is 365 g/mol. The fourth-order valence-electron chi connectivity index (χ4n) is 1.88. The van der Waals surface area contributed by atoms with Crippen LogP contribution in [0.5, 0.6) is 5.88 Å². The lowest BCUT2D eigenvalue weighted by molar-refractivity contribution is -0.144. The number of carbonyl (C=O) groups excluding carboxylic acids is 1. The Morgan fingerprint density at radius 3 is 2.50 bits per heavy atom. The van der Waals surface area contributed by atoms with Crippen molar-refractivity contribution < 1.29 is 36.1 Å². The summed E-state index contributed by atoms with van der Waals surface area (Å²) in [6, 6.07) is 1.54. The summed E-state index contributed by atoms with van der Waals surface area (Å²) in [6.07, 6.45) is 0.969. The first-order valence-corrected chi connectivity index (χ1v) is 9.15. The van der Waals surface area contributed by atoms with Crippen LogP contribution in [-0.2, 0) is 28.6 Å². The lowest BCUT2D eigenvalue weighted by Gasteiger charge is -2.14. The van der Waals surface area contributed by atoms with Crippen LogP contribution < -0.4 is 4.74 Å². The van der Waals surface area contributed by atoms with Crippen molar-refractivity contribution in [1.29, 1.82) is 0 Å². The van der Waals surface area contributed by atoms with Crippen LogP contribution in [0.25, 0.3) is 0 Å². The number of hydrogen-bond donors (Lipinski definition) is 0. The molecule has 0 spiro atoms. The fourth-order valence-corrected chi connectivity index (χ4v) is 2.25. The summed E-state index contributed by atoms with van der Waals surface area (Å²) < 4.78 is 46.4. The van der Waals surface area contributed by atoms with E-state index in [-0.39, 0.29) is 38.2 Å². The SMILES string of the molecule is COC(=O)C(c1cc(OCCOCCOS(C)(=O)=O)no1)C(C)C.